The Labute approximate surface area is 150 Å². The topological polar surface area (TPSA) is 47.6 Å². The van der Waals surface area contributed by atoms with Crippen molar-refractivity contribution >= 4 is 5.91 Å². The molecule has 0 aliphatic carbocycles. The number of rotatable bonds is 8. The molecule has 2 rings (SSSR count). The SMILES string of the molecule is Cc1cc(C)c(C)c(OC(C)C(=O)NCCOCc2ccccc2)c1. The predicted octanol–water partition coefficient (Wildman–Crippen LogP) is 3.71. The second-order valence-electron chi connectivity index (χ2n) is 6.29. The first kappa shape index (κ1) is 19.0. The molecule has 134 valence electrons. The molecule has 4 nitrogen and oxygen atoms in total. The minimum absolute atomic E-state index is 0.137. The first-order valence-corrected chi connectivity index (χ1v) is 8.61. The van der Waals surface area contributed by atoms with Crippen LogP contribution in [0.15, 0.2) is 42.5 Å². The summed E-state index contributed by atoms with van der Waals surface area (Å²) in [7, 11) is 0. The molecule has 4 heteroatoms. The van der Waals surface area contributed by atoms with Gasteiger partial charge in [-0.3, -0.25) is 4.79 Å². The van der Waals surface area contributed by atoms with Gasteiger partial charge in [-0.15, -0.1) is 0 Å². The Kier molecular flexibility index (Phi) is 7.02. The highest BCUT2D eigenvalue weighted by molar-refractivity contribution is 5.80. The molecular weight excluding hydrogens is 314 g/mol. The van der Waals surface area contributed by atoms with E-state index in [-0.39, 0.29) is 5.91 Å². The smallest absolute Gasteiger partial charge is 0.260 e. The predicted molar refractivity (Wildman–Crippen MR) is 99.9 cm³/mol. The molecular formula is C21H27NO3. The Morgan fingerprint density at radius 2 is 1.84 bits per heavy atom. The molecule has 2 aromatic carbocycles. The molecule has 0 saturated heterocycles. The monoisotopic (exact) mass is 341 g/mol. The van der Waals surface area contributed by atoms with Gasteiger partial charge in [-0.1, -0.05) is 36.4 Å². The van der Waals surface area contributed by atoms with E-state index >= 15 is 0 Å². The zero-order valence-corrected chi connectivity index (χ0v) is 15.5. The number of benzene rings is 2. The van der Waals surface area contributed by atoms with E-state index in [1.165, 1.54) is 0 Å². The van der Waals surface area contributed by atoms with Crippen molar-refractivity contribution in [1.29, 1.82) is 0 Å². The molecule has 1 atom stereocenters. The van der Waals surface area contributed by atoms with Crippen LogP contribution in [0.25, 0.3) is 0 Å². The number of carbonyl (C=O) groups is 1. The summed E-state index contributed by atoms with van der Waals surface area (Å²) in [5.74, 6) is 0.627. The molecule has 1 N–H and O–H groups in total. The van der Waals surface area contributed by atoms with Crippen molar-refractivity contribution in [3.05, 3.63) is 64.7 Å². The number of carbonyl (C=O) groups excluding carboxylic acids is 1. The molecule has 0 saturated carbocycles. The average Bonchev–Trinajstić information content (AvgIpc) is 2.59. The number of amides is 1. The van der Waals surface area contributed by atoms with Gasteiger partial charge in [-0.2, -0.15) is 0 Å². The molecule has 0 spiro atoms. The molecule has 1 amide bonds. The van der Waals surface area contributed by atoms with Crippen molar-refractivity contribution in [2.75, 3.05) is 13.2 Å². The van der Waals surface area contributed by atoms with E-state index in [2.05, 4.69) is 11.4 Å². The third-order valence-corrected chi connectivity index (χ3v) is 4.09. The van der Waals surface area contributed by atoms with E-state index in [1.807, 2.05) is 57.2 Å². The lowest BCUT2D eigenvalue weighted by molar-refractivity contribution is -0.127. The van der Waals surface area contributed by atoms with Gasteiger partial charge in [0, 0.05) is 6.54 Å². The summed E-state index contributed by atoms with van der Waals surface area (Å²) < 4.78 is 11.4. The van der Waals surface area contributed by atoms with Gasteiger partial charge in [0.1, 0.15) is 5.75 Å². The summed E-state index contributed by atoms with van der Waals surface area (Å²) in [4.78, 5) is 12.2. The molecule has 0 radical (unpaired) electrons. The van der Waals surface area contributed by atoms with Gasteiger partial charge in [0.25, 0.3) is 5.91 Å². The minimum atomic E-state index is -0.547. The average molecular weight is 341 g/mol. The van der Waals surface area contributed by atoms with Crippen LogP contribution in [0.5, 0.6) is 5.75 Å². The maximum atomic E-state index is 12.2. The summed E-state index contributed by atoms with van der Waals surface area (Å²) in [5, 5.41) is 2.85. The standard InChI is InChI=1S/C21H27NO3/c1-15-12-16(2)17(3)20(13-15)25-18(4)21(23)22-10-11-24-14-19-8-6-5-7-9-19/h5-9,12-13,18H,10-11,14H2,1-4H3,(H,22,23). The Hall–Kier alpha value is -2.33. The second-order valence-corrected chi connectivity index (χ2v) is 6.29. The fraction of sp³-hybridized carbons (Fsp3) is 0.381. The summed E-state index contributed by atoms with van der Waals surface area (Å²) >= 11 is 0. The minimum Gasteiger partial charge on any atom is -0.481 e. The first-order valence-electron chi connectivity index (χ1n) is 8.61. The van der Waals surface area contributed by atoms with E-state index < -0.39 is 6.10 Å². The van der Waals surface area contributed by atoms with Crippen LogP contribution in [0.2, 0.25) is 0 Å². The second kappa shape index (κ2) is 9.23. The largest absolute Gasteiger partial charge is 0.481 e. The lowest BCUT2D eigenvalue weighted by atomic mass is 10.1. The maximum Gasteiger partial charge on any atom is 0.260 e. The fourth-order valence-corrected chi connectivity index (χ4v) is 2.52. The summed E-state index contributed by atoms with van der Waals surface area (Å²) in [5.41, 5.74) is 4.48. The van der Waals surface area contributed by atoms with E-state index in [0.717, 1.165) is 28.0 Å². The lowest BCUT2D eigenvalue weighted by Crippen LogP contribution is -2.38. The lowest BCUT2D eigenvalue weighted by Gasteiger charge is -2.18. The van der Waals surface area contributed by atoms with Crippen LogP contribution in [0.1, 0.15) is 29.2 Å². The van der Waals surface area contributed by atoms with Crippen molar-refractivity contribution in [1.82, 2.24) is 5.32 Å². The number of aryl methyl sites for hydroxylation is 2. The molecule has 2 aromatic rings. The normalized spacial score (nSPS) is 11.8. The van der Waals surface area contributed by atoms with Crippen LogP contribution >= 0.6 is 0 Å². The molecule has 0 aliphatic heterocycles. The van der Waals surface area contributed by atoms with Crippen LogP contribution in [-0.4, -0.2) is 25.2 Å². The molecule has 25 heavy (non-hydrogen) atoms. The Morgan fingerprint density at radius 3 is 2.56 bits per heavy atom. The zero-order valence-electron chi connectivity index (χ0n) is 15.5. The highest BCUT2D eigenvalue weighted by atomic mass is 16.5. The first-order chi connectivity index (χ1) is 12.0. The van der Waals surface area contributed by atoms with E-state index in [9.17, 15) is 4.79 Å². The highest BCUT2D eigenvalue weighted by Crippen LogP contribution is 2.24. The van der Waals surface area contributed by atoms with Crippen LogP contribution in [0.4, 0.5) is 0 Å². The van der Waals surface area contributed by atoms with Crippen molar-refractivity contribution in [3.8, 4) is 5.75 Å². The highest BCUT2D eigenvalue weighted by Gasteiger charge is 2.16. The van der Waals surface area contributed by atoms with Crippen molar-refractivity contribution < 1.29 is 14.3 Å². The van der Waals surface area contributed by atoms with Crippen molar-refractivity contribution in [3.63, 3.8) is 0 Å². The van der Waals surface area contributed by atoms with Crippen LogP contribution in [-0.2, 0) is 16.1 Å². The van der Waals surface area contributed by atoms with Crippen LogP contribution in [0, 0.1) is 20.8 Å². The molecule has 0 aromatic heterocycles. The molecule has 0 aliphatic rings. The third kappa shape index (κ3) is 5.91. The van der Waals surface area contributed by atoms with E-state index in [0.29, 0.717) is 19.8 Å². The Morgan fingerprint density at radius 1 is 1.12 bits per heavy atom. The van der Waals surface area contributed by atoms with Gasteiger partial charge in [-0.05, 0) is 56.0 Å². The summed E-state index contributed by atoms with van der Waals surface area (Å²) in [6.07, 6.45) is -0.547. The number of hydrogen-bond donors (Lipinski definition) is 1. The third-order valence-electron chi connectivity index (χ3n) is 4.09. The van der Waals surface area contributed by atoms with Gasteiger partial charge in [-0.25, -0.2) is 0 Å². The quantitative estimate of drug-likeness (QED) is 0.745. The van der Waals surface area contributed by atoms with Gasteiger partial charge in [0.15, 0.2) is 6.10 Å². The van der Waals surface area contributed by atoms with E-state index in [1.54, 1.807) is 6.92 Å². The van der Waals surface area contributed by atoms with E-state index in [4.69, 9.17) is 9.47 Å². The van der Waals surface area contributed by atoms with Crippen LogP contribution in [0.3, 0.4) is 0 Å². The van der Waals surface area contributed by atoms with Gasteiger partial charge in [0.2, 0.25) is 0 Å². The van der Waals surface area contributed by atoms with Gasteiger partial charge >= 0.3 is 0 Å². The summed E-state index contributed by atoms with van der Waals surface area (Å²) in [6, 6.07) is 14.0. The molecule has 1 unspecified atom stereocenters. The molecule has 0 heterocycles. The van der Waals surface area contributed by atoms with Gasteiger partial charge < -0.3 is 14.8 Å². The Bertz CT molecular complexity index is 698. The summed E-state index contributed by atoms with van der Waals surface area (Å²) in [6.45, 7) is 9.31. The number of hydrogen-bond acceptors (Lipinski definition) is 3. The maximum absolute atomic E-state index is 12.2. The molecule has 0 bridgehead atoms. The zero-order chi connectivity index (χ0) is 18.2. The number of ether oxygens (including phenoxy) is 2. The Balaban J connectivity index is 1.73. The van der Waals surface area contributed by atoms with Gasteiger partial charge in [0.05, 0.1) is 13.2 Å². The number of nitrogens with one attached hydrogen (secondary N) is 1. The van der Waals surface area contributed by atoms with Crippen molar-refractivity contribution in [2.24, 2.45) is 0 Å². The fourth-order valence-electron chi connectivity index (χ4n) is 2.52. The van der Waals surface area contributed by atoms with Crippen molar-refractivity contribution in [2.45, 2.75) is 40.4 Å². The molecule has 0 fully saturated rings. The van der Waals surface area contributed by atoms with Crippen LogP contribution < -0.4 is 10.1 Å².